The van der Waals surface area contributed by atoms with Gasteiger partial charge in [0.25, 0.3) is 5.91 Å². The summed E-state index contributed by atoms with van der Waals surface area (Å²) in [5, 5.41) is 11.0. The molecule has 1 aromatic carbocycles. The smallest absolute Gasteiger partial charge is 0.273 e. The SMILES string of the molecule is O=C(NCCN1CCCc2ccccc21)c1cn(C[C@H]2CCCO2)nn1. The van der Waals surface area contributed by atoms with Crippen LogP contribution in [0.15, 0.2) is 30.5 Å². The van der Waals surface area contributed by atoms with Crippen molar-refractivity contribution < 1.29 is 9.53 Å². The Kier molecular flexibility index (Phi) is 5.15. The van der Waals surface area contributed by atoms with E-state index >= 15 is 0 Å². The molecule has 0 bridgehead atoms. The standard InChI is InChI=1S/C19H25N5O2/c25-19(17-14-24(22-21-17)13-16-7-4-12-26-16)20-9-11-23-10-3-6-15-5-1-2-8-18(15)23/h1-2,5,8,14,16H,3-4,6-7,9-13H2,(H,20,25)/t16-/m1/s1. The molecule has 2 aromatic rings. The van der Waals surface area contributed by atoms with Crippen molar-refractivity contribution in [3.63, 3.8) is 0 Å². The summed E-state index contributed by atoms with van der Waals surface area (Å²) in [6.07, 6.45) is 6.31. The topological polar surface area (TPSA) is 72.3 Å². The highest BCUT2D eigenvalue weighted by Gasteiger charge is 2.19. The van der Waals surface area contributed by atoms with Crippen molar-refractivity contribution >= 4 is 11.6 Å². The Morgan fingerprint density at radius 2 is 2.23 bits per heavy atom. The van der Waals surface area contributed by atoms with E-state index in [1.807, 2.05) is 0 Å². The van der Waals surface area contributed by atoms with E-state index in [4.69, 9.17) is 4.74 Å². The van der Waals surface area contributed by atoms with Crippen LogP contribution in [-0.4, -0.2) is 53.2 Å². The number of anilines is 1. The number of carbonyl (C=O) groups excluding carboxylic acids is 1. The van der Waals surface area contributed by atoms with Crippen molar-refractivity contribution in [1.82, 2.24) is 20.3 Å². The minimum Gasteiger partial charge on any atom is -0.376 e. The number of rotatable bonds is 6. The van der Waals surface area contributed by atoms with Crippen LogP contribution in [0.3, 0.4) is 0 Å². The number of nitrogens with one attached hydrogen (secondary N) is 1. The van der Waals surface area contributed by atoms with Crippen LogP contribution in [0, 0.1) is 0 Å². The average molecular weight is 355 g/mol. The Hall–Kier alpha value is -2.41. The molecule has 0 saturated carbocycles. The summed E-state index contributed by atoms with van der Waals surface area (Å²) in [5.41, 5.74) is 3.04. The molecule has 0 radical (unpaired) electrons. The quantitative estimate of drug-likeness (QED) is 0.853. The second-order valence-corrected chi connectivity index (χ2v) is 6.94. The molecule has 1 atom stereocenters. The zero-order valence-corrected chi connectivity index (χ0v) is 14.9. The lowest BCUT2D eigenvalue weighted by Crippen LogP contribution is -2.37. The molecule has 1 N–H and O–H groups in total. The number of amides is 1. The van der Waals surface area contributed by atoms with Gasteiger partial charge in [0.2, 0.25) is 0 Å². The number of fused-ring (bicyclic) bond motifs is 1. The summed E-state index contributed by atoms with van der Waals surface area (Å²) < 4.78 is 7.29. The highest BCUT2D eigenvalue weighted by molar-refractivity contribution is 5.91. The van der Waals surface area contributed by atoms with Gasteiger partial charge in [0.05, 0.1) is 18.8 Å². The normalized spacial score (nSPS) is 19.4. The lowest BCUT2D eigenvalue weighted by molar-refractivity contribution is 0.0930. The van der Waals surface area contributed by atoms with Gasteiger partial charge < -0.3 is 15.0 Å². The third-order valence-corrected chi connectivity index (χ3v) is 5.06. The van der Waals surface area contributed by atoms with Crippen molar-refractivity contribution in [2.45, 2.75) is 38.3 Å². The van der Waals surface area contributed by atoms with Gasteiger partial charge in [-0.2, -0.15) is 0 Å². The van der Waals surface area contributed by atoms with Gasteiger partial charge in [-0.3, -0.25) is 4.79 Å². The molecule has 2 aliphatic rings. The molecule has 1 aromatic heterocycles. The van der Waals surface area contributed by atoms with Crippen LogP contribution >= 0.6 is 0 Å². The van der Waals surface area contributed by atoms with Crippen LogP contribution in [0.1, 0.15) is 35.3 Å². The van der Waals surface area contributed by atoms with Crippen LogP contribution < -0.4 is 10.2 Å². The fraction of sp³-hybridized carbons (Fsp3) is 0.526. The highest BCUT2D eigenvalue weighted by Crippen LogP contribution is 2.25. The fourth-order valence-electron chi connectivity index (χ4n) is 3.73. The maximum Gasteiger partial charge on any atom is 0.273 e. The van der Waals surface area contributed by atoms with Gasteiger partial charge in [0.1, 0.15) is 0 Å². The van der Waals surface area contributed by atoms with E-state index < -0.39 is 0 Å². The maximum atomic E-state index is 12.3. The minimum atomic E-state index is -0.172. The van der Waals surface area contributed by atoms with Crippen LogP contribution in [0.4, 0.5) is 5.69 Å². The van der Waals surface area contributed by atoms with E-state index in [2.05, 4.69) is 44.8 Å². The van der Waals surface area contributed by atoms with Crippen LogP contribution in [0.5, 0.6) is 0 Å². The fourth-order valence-corrected chi connectivity index (χ4v) is 3.73. The van der Waals surface area contributed by atoms with Gasteiger partial charge in [0, 0.05) is 31.9 Å². The Morgan fingerprint density at radius 1 is 1.31 bits per heavy atom. The summed E-state index contributed by atoms with van der Waals surface area (Å²) in [5.74, 6) is -0.172. The summed E-state index contributed by atoms with van der Waals surface area (Å²) >= 11 is 0. The van der Waals surface area contributed by atoms with Crippen LogP contribution in [-0.2, 0) is 17.7 Å². The maximum absolute atomic E-state index is 12.3. The molecule has 1 saturated heterocycles. The molecular weight excluding hydrogens is 330 g/mol. The first-order valence-corrected chi connectivity index (χ1v) is 9.42. The molecule has 7 heteroatoms. The second-order valence-electron chi connectivity index (χ2n) is 6.94. The average Bonchev–Trinajstić information content (AvgIpc) is 3.34. The molecule has 3 heterocycles. The second kappa shape index (κ2) is 7.86. The Balaban J connectivity index is 1.27. The van der Waals surface area contributed by atoms with Crippen LogP contribution in [0.25, 0.3) is 0 Å². The summed E-state index contributed by atoms with van der Waals surface area (Å²) in [4.78, 5) is 14.6. The number of hydrogen-bond donors (Lipinski definition) is 1. The number of carbonyl (C=O) groups is 1. The van der Waals surface area contributed by atoms with Gasteiger partial charge >= 0.3 is 0 Å². The third kappa shape index (κ3) is 3.88. The van der Waals surface area contributed by atoms with Gasteiger partial charge in [-0.25, -0.2) is 4.68 Å². The van der Waals surface area contributed by atoms with Gasteiger partial charge in [-0.1, -0.05) is 23.4 Å². The van der Waals surface area contributed by atoms with E-state index in [1.54, 1.807) is 10.9 Å². The molecule has 2 aliphatic heterocycles. The predicted octanol–water partition coefficient (Wildman–Crippen LogP) is 1.64. The third-order valence-electron chi connectivity index (χ3n) is 5.06. The summed E-state index contributed by atoms with van der Waals surface area (Å²) in [6.45, 7) is 3.89. The molecule has 0 unspecified atom stereocenters. The number of aromatic nitrogens is 3. The number of benzene rings is 1. The Bertz CT molecular complexity index is 754. The number of para-hydroxylation sites is 1. The molecule has 1 fully saturated rings. The number of nitrogens with zero attached hydrogens (tertiary/aromatic N) is 4. The number of aryl methyl sites for hydroxylation is 1. The first-order chi connectivity index (χ1) is 12.8. The number of ether oxygens (including phenoxy) is 1. The zero-order valence-electron chi connectivity index (χ0n) is 14.9. The monoisotopic (exact) mass is 355 g/mol. The molecule has 138 valence electrons. The zero-order chi connectivity index (χ0) is 17.8. The van der Waals surface area contributed by atoms with E-state index in [0.29, 0.717) is 18.8 Å². The largest absolute Gasteiger partial charge is 0.376 e. The van der Waals surface area contributed by atoms with Crippen molar-refractivity contribution in [1.29, 1.82) is 0 Å². The van der Waals surface area contributed by atoms with Crippen molar-refractivity contribution in [2.75, 3.05) is 31.1 Å². The van der Waals surface area contributed by atoms with Crippen molar-refractivity contribution in [3.8, 4) is 0 Å². The first-order valence-electron chi connectivity index (χ1n) is 9.42. The lowest BCUT2D eigenvalue weighted by atomic mass is 10.0. The van der Waals surface area contributed by atoms with Gasteiger partial charge in [-0.15, -0.1) is 5.10 Å². The van der Waals surface area contributed by atoms with Crippen molar-refractivity contribution in [2.24, 2.45) is 0 Å². The van der Waals surface area contributed by atoms with E-state index in [-0.39, 0.29) is 12.0 Å². The molecule has 1 amide bonds. The Morgan fingerprint density at radius 3 is 3.12 bits per heavy atom. The first kappa shape index (κ1) is 17.0. The minimum absolute atomic E-state index is 0.172. The molecule has 0 spiro atoms. The molecule has 7 nitrogen and oxygen atoms in total. The number of hydrogen-bond acceptors (Lipinski definition) is 5. The van der Waals surface area contributed by atoms with E-state index in [1.165, 1.54) is 11.3 Å². The molecular formula is C19H25N5O2. The predicted molar refractivity (Wildman–Crippen MR) is 98.3 cm³/mol. The van der Waals surface area contributed by atoms with Crippen molar-refractivity contribution in [3.05, 3.63) is 41.7 Å². The van der Waals surface area contributed by atoms with E-state index in [0.717, 1.165) is 45.4 Å². The van der Waals surface area contributed by atoms with E-state index in [9.17, 15) is 4.79 Å². The lowest BCUT2D eigenvalue weighted by Gasteiger charge is -2.31. The Labute approximate surface area is 153 Å². The molecule has 26 heavy (non-hydrogen) atoms. The van der Waals surface area contributed by atoms with Gasteiger partial charge in [-0.05, 0) is 37.3 Å². The summed E-state index contributed by atoms with van der Waals surface area (Å²) in [6, 6.07) is 8.51. The van der Waals surface area contributed by atoms with Gasteiger partial charge in [0.15, 0.2) is 5.69 Å². The molecule has 0 aliphatic carbocycles. The molecule has 4 rings (SSSR count). The van der Waals surface area contributed by atoms with Crippen LogP contribution in [0.2, 0.25) is 0 Å². The highest BCUT2D eigenvalue weighted by atomic mass is 16.5. The summed E-state index contributed by atoms with van der Waals surface area (Å²) in [7, 11) is 0.